The monoisotopic (exact) mass is 225 g/mol. The maximum Gasteiger partial charge on any atom is 0.160 e. The molecule has 2 rings (SSSR count). The number of thiophene rings is 1. The highest BCUT2D eigenvalue weighted by Gasteiger charge is 2.27. The van der Waals surface area contributed by atoms with Crippen LogP contribution in [0, 0.1) is 0 Å². The van der Waals surface area contributed by atoms with Crippen molar-refractivity contribution < 1.29 is 9.53 Å². The van der Waals surface area contributed by atoms with Crippen LogP contribution >= 0.6 is 11.3 Å². The molecule has 1 saturated heterocycles. The SMILES string of the molecule is CC1(C)CN(c2csc(C=O)c2)CCO1. The van der Waals surface area contributed by atoms with E-state index in [0.717, 1.165) is 36.5 Å². The lowest BCUT2D eigenvalue weighted by Gasteiger charge is -2.39. The first-order valence-corrected chi connectivity index (χ1v) is 5.91. The average molecular weight is 225 g/mol. The molecule has 0 saturated carbocycles. The summed E-state index contributed by atoms with van der Waals surface area (Å²) >= 11 is 1.49. The second kappa shape index (κ2) is 3.94. The summed E-state index contributed by atoms with van der Waals surface area (Å²) in [6.07, 6.45) is 0.903. The first-order chi connectivity index (χ1) is 7.11. The normalized spacial score (nSPS) is 20.3. The van der Waals surface area contributed by atoms with Gasteiger partial charge in [0.1, 0.15) is 0 Å². The van der Waals surface area contributed by atoms with E-state index in [1.54, 1.807) is 0 Å². The first-order valence-electron chi connectivity index (χ1n) is 5.03. The number of morpholine rings is 1. The van der Waals surface area contributed by atoms with Gasteiger partial charge in [-0.2, -0.15) is 0 Å². The Morgan fingerprint density at radius 2 is 2.40 bits per heavy atom. The van der Waals surface area contributed by atoms with Gasteiger partial charge in [-0.05, 0) is 19.9 Å². The van der Waals surface area contributed by atoms with Crippen LogP contribution in [0.3, 0.4) is 0 Å². The summed E-state index contributed by atoms with van der Waals surface area (Å²) in [5, 5.41) is 2.03. The summed E-state index contributed by atoms with van der Waals surface area (Å²) in [5.41, 5.74) is 1.04. The minimum atomic E-state index is -0.0957. The van der Waals surface area contributed by atoms with Crippen LogP contribution in [0.4, 0.5) is 5.69 Å². The molecule has 0 amide bonds. The van der Waals surface area contributed by atoms with Crippen molar-refractivity contribution in [1.82, 2.24) is 0 Å². The van der Waals surface area contributed by atoms with Crippen LogP contribution in [0.25, 0.3) is 0 Å². The second-order valence-electron chi connectivity index (χ2n) is 4.35. The molecule has 15 heavy (non-hydrogen) atoms. The summed E-state index contributed by atoms with van der Waals surface area (Å²) in [6, 6.07) is 1.94. The summed E-state index contributed by atoms with van der Waals surface area (Å²) < 4.78 is 5.64. The Bertz CT molecular complexity index is 359. The van der Waals surface area contributed by atoms with E-state index in [2.05, 4.69) is 18.7 Å². The zero-order chi connectivity index (χ0) is 10.9. The molecule has 0 radical (unpaired) electrons. The summed E-state index contributed by atoms with van der Waals surface area (Å²) in [7, 11) is 0. The van der Waals surface area contributed by atoms with E-state index in [1.165, 1.54) is 11.3 Å². The lowest BCUT2D eigenvalue weighted by molar-refractivity contribution is -0.0276. The molecule has 82 valence electrons. The fourth-order valence-electron chi connectivity index (χ4n) is 1.81. The number of nitrogens with zero attached hydrogens (tertiary/aromatic N) is 1. The fraction of sp³-hybridized carbons (Fsp3) is 0.545. The van der Waals surface area contributed by atoms with Gasteiger partial charge in [0.2, 0.25) is 0 Å². The Kier molecular flexibility index (Phi) is 2.80. The number of carbonyl (C=O) groups is 1. The molecule has 0 aliphatic carbocycles. The lowest BCUT2D eigenvalue weighted by atomic mass is 10.1. The van der Waals surface area contributed by atoms with Crippen molar-refractivity contribution >= 4 is 23.3 Å². The number of anilines is 1. The van der Waals surface area contributed by atoms with Crippen LogP contribution in [0.2, 0.25) is 0 Å². The molecule has 0 aromatic carbocycles. The quantitative estimate of drug-likeness (QED) is 0.722. The van der Waals surface area contributed by atoms with E-state index in [0.29, 0.717) is 0 Å². The van der Waals surface area contributed by atoms with Crippen LogP contribution in [-0.2, 0) is 4.74 Å². The van der Waals surface area contributed by atoms with Crippen LogP contribution in [-0.4, -0.2) is 31.6 Å². The van der Waals surface area contributed by atoms with Crippen LogP contribution in [0.1, 0.15) is 23.5 Å². The third kappa shape index (κ3) is 2.38. The molecule has 0 bridgehead atoms. The van der Waals surface area contributed by atoms with Gasteiger partial charge in [0, 0.05) is 24.2 Å². The molecule has 1 aliphatic heterocycles. The van der Waals surface area contributed by atoms with Crippen molar-refractivity contribution in [3.05, 3.63) is 16.3 Å². The van der Waals surface area contributed by atoms with E-state index in [4.69, 9.17) is 4.74 Å². The van der Waals surface area contributed by atoms with Gasteiger partial charge in [-0.15, -0.1) is 11.3 Å². The van der Waals surface area contributed by atoms with Crippen molar-refractivity contribution in [3.8, 4) is 0 Å². The van der Waals surface area contributed by atoms with Gasteiger partial charge in [-0.1, -0.05) is 0 Å². The maximum absolute atomic E-state index is 10.6. The second-order valence-corrected chi connectivity index (χ2v) is 5.30. The topological polar surface area (TPSA) is 29.5 Å². The van der Waals surface area contributed by atoms with Crippen LogP contribution in [0.15, 0.2) is 11.4 Å². The number of hydrogen-bond donors (Lipinski definition) is 0. The molecule has 1 aromatic rings. The van der Waals surface area contributed by atoms with Crippen molar-refractivity contribution in [1.29, 1.82) is 0 Å². The predicted octanol–water partition coefficient (Wildman–Crippen LogP) is 2.18. The van der Waals surface area contributed by atoms with Gasteiger partial charge in [0.25, 0.3) is 0 Å². The highest BCUT2D eigenvalue weighted by molar-refractivity contribution is 7.12. The number of ether oxygens (including phenoxy) is 1. The molecule has 4 heteroatoms. The maximum atomic E-state index is 10.6. The molecule has 1 aliphatic rings. The minimum Gasteiger partial charge on any atom is -0.372 e. The smallest absolute Gasteiger partial charge is 0.160 e. The Labute approximate surface area is 93.7 Å². The van der Waals surface area contributed by atoms with Crippen molar-refractivity contribution in [2.24, 2.45) is 0 Å². The summed E-state index contributed by atoms with van der Waals surface area (Å²) in [5.74, 6) is 0. The molecule has 0 atom stereocenters. The third-order valence-electron chi connectivity index (χ3n) is 2.51. The molecule has 1 fully saturated rings. The molecule has 3 nitrogen and oxygen atoms in total. The van der Waals surface area contributed by atoms with Gasteiger partial charge in [0.05, 0.1) is 17.1 Å². The van der Waals surface area contributed by atoms with E-state index in [1.807, 2.05) is 11.4 Å². The standard InChI is InChI=1S/C11H15NO2S/c1-11(2)8-12(3-4-14-11)9-5-10(6-13)15-7-9/h5-7H,3-4,8H2,1-2H3. The molecular formula is C11H15NO2S. The van der Waals surface area contributed by atoms with Gasteiger partial charge in [-0.3, -0.25) is 4.79 Å². The zero-order valence-electron chi connectivity index (χ0n) is 9.03. The predicted molar refractivity (Wildman–Crippen MR) is 62.0 cm³/mol. The van der Waals surface area contributed by atoms with Gasteiger partial charge in [-0.25, -0.2) is 0 Å². The van der Waals surface area contributed by atoms with Gasteiger partial charge < -0.3 is 9.64 Å². The highest BCUT2D eigenvalue weighted by Crippen LogP contribution is 2.26. The van der Waals surface area contributed by atoms with E-state index < -0.39 is 0 Å². The molecule has 1 aromatic heterocycles. The van der Waals surface area contributed by atoms with Crippen molar-refractivity contribution in [2.45, 2.75) is 19.4 Å². The van der Waals surface area contributed by atoms with E-state index in [-0.39, 0.29) is 5.60 Å². The Morgan fingerprint density at radius 3 is 3.00 bits per heavy atom. The van der Waals surface area contributed by atoms with Gasteiger partial charge >= 0.3 is 0 Å². The Balaban J connectivity index is 2.13. The first kappa shape index (κ1) is 10.6. The molecule has 0 spiro atoms. The largest absolute Gasteiger partial charge is 0.372 e. The van der Waals surface area contributed by atoms with Gasteiger partial charge in [0.15, 0.2) is 6.29 Å². The number of hydrogen-bond acceptors (Lipinski definition) is 4. The highest BCUT2D eigenvalue weighted by atomic mass is 32.1. The van der Waals surface area contributed by atoms with Crippen LogP contribution < -0.4 is 4.90 Å². The number of carbonyl (C=O) groups excluding carboxylic acids is 1. The molecular weight excluding hydrogens is 210 g/mol. The number of aldehydes is 1. The van der Waals surface area contributed by atoms with Crippen LogP contribution in [0.5, 0.6) is 0 Å². The average Bonchev–Trinajstić information content (AvgIpc) is 2.64. The van der Waals surface area contributed by atoms with Crippen molar-refractivity contribution in [2.75, 3.05) is 24.6 Å². The van der Waals surface area contributed by atoms with E-state index in [9.17, 15) is 4.79 Å². The molecule has 2 heterocycles. The molecule has 0 N–H and O–H groups in total. The van der Waals surface area contributed by atoms with E-state index >= 15 is 0 Å². The molecule has 0 unspecified atom stereocenters. The third-order valence-corrected chi connectivity index (χ3v) is 3.36. The fourth-order valence-corrected chi connectivity index (χ4v) is 2.52. The Morgan fingerprint density at radius 1 is 1.60 bits per heavy atom. The van der Waals surface area contributed by atoms with Crippen molar-refractivity contribution in [3.63, 3.8) is 0 Å². The minimum absolute atomic E-state index is 0.0957. The zero-order valence-corrected chi connectivity index (χ0v) is 9.84. The lowest BCUT2D eigenvalue weighted by Crippen LogP contribution is -2.48. The summed E-state index contributed by atoms with van der Waals surface area (Å²) in [6.45, 7) is 6.71. The number of rotatable bonds is 2. The Hall–Kier alpha value is -0.870. The summed E-state index contributed by atoms with van der Waals surface area (Å²) in [4.78, 5) is 13.7.